The number of unbranched alkanes of at least 4 members (excludes halogenated alkanes) is 1. The second kappa shape index (κ2) is 8.17. The van der Waals surface area contributed by atoms with Gasteiger partial charge in [0.15, 0.2) is 4.90 Å². The lowest BCUT2D eigenvalue weighted by molar-refractivity contribution is -0.116. The minimum atomic E-state index is -0.972. The van der Waals surface area contributed by atoms with Gasteiger partial charge < -0.3 is 14.6 Å². The van der Waals surface area contributed by atoms with Gasteiger partial charge in [0.2, 0.25) is 5.91 Å². The maximum atomic E-state index is 12.1. The molecule has 1 aliphatic heterocycles. The molecule has 1 aliphatic rings. The van der Waals surface area contributed by atoms with Crippen LogP contribution in [-0.2, 0) is 22.4 Å². The van der Waals surface area contributed by atoms with Crippen LogP contribution in [0.25, 0.3) is 0 Å². The number of carbonyl (C=O) groups is 1. The summed E-state index contributed by atoms with van der Waals surface area (Å²) < 4.78 is 17.8. The largest absolute Gasteiger partial charge is 0.611 e. The summed E-state index contributed by atoms with van der Waals surface area (Å²) in [6.07, 6.45) is 6.30. The first-order valence-electron chi connectivity index (χ1n) is 8.06. The predicted molar refractivity (Wildman–Crippen MR) is 93.6 cm³/mol. The van der Waals surface area contributed by atoms with Crippen LogP contribution in [0.3, 0.4) is 0 Å². The number of carbonyl (C=O) groups excluding carboxylic acids is 1. The van der Waals surface area contributed by atoms with Crippen LogP contribution < -0.4 is 10.1 Å². The van der Waals surface area contributed by atoms with Gasteiger partial charge in [0, 0.05) is 36.6 Å². The van der Waals surface area contributed by atoms with Gasteiger partial charge in [0.25, 0.3) is 0 Å². The van der Waals surface area contributed by atoms with Gasteiger partial charge in [0.05, 0.1) is 6.61 Å². The molecule has 0 aliphatic carbocycles. The Morgan fingerprint density at radius 2 is 2.00 bits per heavy atom. The fourth-order valence-electron chi connectivity index (χ4n) is 2.58. The van der Waals surface area contributed by atoms with E-state index < -0.39 is 11.2 Å². The van der Waals surface area contributed by atoms with Crippen LogP contribution in [0.4, 0.5) is 5.69 Å². The van der Waals surface area contributed by atoms with Crippen molar-refractivity contribution in [1.29, 1.82) is 0 Å². The summed E-state index contributed by atoms with van der Waals surface area (Å²) in [7, 11) is 0. The molecule has 0 spiro atoms. The number of rotatable bonds is 7. The van der Waals surface area contributed by atoms with Crippen molar-refractivity contribution >= 4 is 22.8 Å². The van der Waals surface area contributed by atoms with Gasteiger partial charge in [-0.3, -0.25) is 9.78 Å². The molecule has 0 radical (unpaired) electrons. The number of nitrogens with zero attached hydrogens (tertiary/aromatic N) is 1. The highest BCUT2D eigenvalue weighted by atomic mass is 32.2. The zero-order chi connectivity index (χ0) is 16.8. The average molecular weight is 344 g/mol. The molecule has 0 saturated carbocycles. The molecule has 1 atom stereocenters. The van der Waals surface area contributed by atoms with Crippen LogP contribution in [0.1, 0.15) is 24.8 Å². The Labute approximate surface area is 144 Å². The van der Waals surface area contributed by atoms with Crippen LogP contribution >= 0.6 is 0 Å². The van der Waals surface area contributed by atoms with E-state index in [1.807, 2.05) is 18.2 Å². The van der Waals surface area contributed by atoms with E-state index in [0.717, 1.165) is 41.2 Å². The van der Waals surface area contributed by atoms with Crippen LogP contribution in [0.15, 0.2) is 47.6 Å². The maximum absolute atomic E-state index is 12.1. The van der Waals surface area contributed by atoms with Gasteiger partial charge in [-0.05, 0) is 54.2 Å². The highest BCUT2D eigenvalue weighted by molar-refractivity contribution is 7.91. The Balaban J connectivity index is 1.40. The number of hydrogen-bond acceptors (Lipinski definition) is 4. The van der Waals surface area contributed by atoms with Crippen molar-refractivity contribution in [2.75, 3.05) is 17.7 Å². The Bertz CT molecular complexity index is 694. The molecule has 0 fully saturated rings. The molecule has 1 N–H and O–H groups in total. The molecule has 1 amide bonds. The van der Waals surface area contributed by atoms with Crippen LogP contribution in [0, 0.1) is 0 Å². The summed E-state index contributed by atoms with van der Waals surface area (Å²) in [5.41, 5.74) is 2.00. The molecule has 1 aromatic heterocycles. The third kappa shape index (κ3) is 4.49. The molecule has 0 saturated heterocycles. The number of hydrogen-bond donors (Lipinski definition) is 1. The molecular formula is C18H20N2O3S. The smallest absolute Gasteiger partial charge is 0.224 e. The third-order valence-corrected chi connectivity index (χ3v) is 5.34. The van der Waals surface area contributed by atoms with Gasteiger partial charge in [-0.25, -0.2) is 0 Å². The molecule has 2 heterocycles. The molecule has 1 unspecified atom stereocenters. The number of anilines is 1. The van der Waals surface area contributed by atoms with Gasteiger partial charge in [0.1, 0.15) is 11.5 Å². The lowest BCUT2D eigenvalue weighted by Gasteiger charge is -2.17. The lowest BCUT2D eigenvalue weighted by Crippen LogP contribution is -2.18. The van der Waals surface area contributed by atoms with Crippen molar-refractivity contribution in [3.63, 3.8) is 0 Å². The second-order valence-electron chi connectivity index (χ2n) is 5.66. The molecule has 24 heavy (non-hydrogen) atoms. The molecule has 2 aromatic rings. The highest BCUT2D eigenvalue weighted by Gasteiger charge is 2.15. The first-order valence-corrected chi connectivity index (χ1v) is 9.38. The van der Waals surface area contributed by atoms with E-state index in [9.17, 15) is 9.35 Å². The molecule has 1 aromatic carbocycles. The summed E-state index contributed by atoms with van der Waals surface area (Å²) in [5, 5.41) is 2.86. The zero-order valence-corrected chi connectivity index (χ0v) is 14.2. The summed E-state index contributed by atoms with van der Waals surface area (Å²) >= 11 is -0.972. The minimum absolute atomic E-state index is 0.0679. The van der Waals surface area contributed by atoms with Crippen molar-refractivity contribution in [3.05, 3.63) is 48.3 Å². The van der Waals surface area contributed by atoms with E-state index in [1.165, 1.54) is 0 Å². The molecule has 126 valence electrons. The van der Waals surface area contributed by atoms with Crippen LogP contribution in [-0.4, -0.2) is 27.8 Å². The number of benzene rings is 1. The predicted octanol–water partition coefficient (Wildman–Crippen LogP) is 2.93. The van der Waals surface area contributed by atoms with Crippen molar-refractivity contribution < 1.29 is 14.1 Å². The first-order chi connectivity index (χ1) is 11.7. The van der Waals surface area contributed by atoms with Crippen molar-refractivity contribution in [1.82, 2.24) is 4.98 Å². The van der Waals surface area contributed by atoms with E-state index >= 15 is 0 Å². The van der Waals surface area contributed by atoms with Gasteiger partial charge >= 0.3 is 0 Å². The third-order valence-electron chi connectivity index (χ3n) is 3.88. The SMILES string of the molecule is O=C1CCc2cc(OCCCC[S+]([O-])c3ccncc3)ccc2N1. The lowest BCUT2D eigenvalue weighted by atomic mass is 10.0. The van der Waals surface area contributed by atoms with Gasteiger partial charge in [-0.2, -0.15) is 0 Å². The summed E-state index contributed by atoms with van der Waals surface area (Å²) in [6, 6.07) is 9.33. The number of pyridine rings is 1. The number of nitrogens with one attached hydrogen (secondary N) is 1. The standard InChI is InChI=1S/C18H20N2O3S/c21-18-6-3-14-13-15(4-5-17(14)20-18)23-11-1-2-12-24(22)16-7-9-19-10-8-16/h4-5,7-10,13H,1-3,6,11-12H2,(H,20,21). The van der Waals surface area contributed by atoms with Crippen LogP contribution in [0.5, 0.6) is 5.75 Å². The molecular weight excluding hydrogens is 324 g/mol. The van der Waals surface area contributed by atoms with Crippen molar-refractivity contribution in [2.45, 2.75) is 30.6 Å². The van der Waals surface area contributed by atoms with E-state index in [4.69, 9.17) is 4.74 Å². The Kier molecular flexibility index (Phi) is 5.72. The second-order valence-corrected chi connectivity index (χ2v) is 7.23. The van der Waals surface area contributed by atoms with Gasteiger partial charge in [-0.1, -0.05) is 0 Å². The molecule has 3 rings (SSSR count). The van der Waals surface area contributed by atoms with E-state index in [0.29, 0.717) is 18.8 Å². The Morgan fingerprint density at radius 3 is 2.83 bits per heavy atom. The maximum Gasteiger partial charge on any atom is 0.224 e. The molecule has 6 heteroatoms. The number of amides is 1. The van der Waals surface area contributed by atoms with E-state index in [-0.39, 0.29) is 5.91 Å². The molecule has 5 nitrogen and oxygen atoms in total. The van der Waals surface area contributed by atoms with Crippen molar-refractivity contribution in [3.8, 4) is 5.75 Å². The Morgan fingerprint density at radius 1 is 1.17 bits per heavy atom. The number of ether oxygens (including phenoxy) is 1. The monoisotopic (exact) mass is 344 g/mol. The van der Waals surface area contributed by atoms with E-state index in [2.05, 4.69) is 10.3 Å². The Hall–Kier alpha value is -2.05. The van der Waals surface area contributed by atoms with Gasteiger partial charge in [-0.15, -0.1) is 0 Å². The minimum Gasteiger partial charge on any atom is -0.611 e. The number of fused-ring (bicyclic) bond motifs is 1. The number of aromatic nitrogens is 1. The average Bonchev–Trinajstić information content (AvgIpc) is 2.62. The van der Waals surface area contributed by atoms with Crippen LogP contribution in [0.2, 0.25) is 0 Å². The quantitative estimate of drug-likeness (QED) is 0.619. The van der Waals surface area contributed by atoms with E-state index in [1.54, 1.807) is 24.5 Å². The summed E-state index contributed by atoms with van der Waals surface area (Å²) in [5.74, 6) is 1.52. The highest BCUT2D eigenvalue weighted by Crippen LogP contribution is 2.26. The molecule has 0 bridgehead atoms. The van der Waals surface area contributed by atoms with Crippen molar-refractivity contribution in [2.24, 2.45) is 0 Å². The summed E-state index contributed by atoms with van der Waals surface area (Å²) in [4.78, 5) is 16.1. The zero-order valence-electron chi connectivity index (χ0n) is 13.4. The number of aryl methyl sites for hydroxylation is 1. The fourth-order valence-corrected chi connectivity index (χ4v) is 3.71. The first kappa shape index (κ1) is 16.8. The fraction of sp³-hybridized carbons (Fsp3) is 0.333. The normalized spacial score (nSPS) is 14.6. The summed E-state index contributed by atoms with van der Waals surface area (Å²) in [6.45, 7) is 0.596. The topological polar surface area (TPSA) is 74.3 Å².